The standard InChI is InChI=1S/C18H17FN2O3/c1-13(12-15-4-2-3-5-17(15)19)18(22)20-11-10-14-6-8-16(9-7-14)21(23)24/h2-9,12H,10-11H2,1H3,(H,20,22)/b13-12+. The van der Waals surface area contributed by atoms with Crippen molar-refractivity contribution in [2.45, 2.75) is 13.3 Å². The van der Waals surface area contributed by atoms with Gasteiger partial charge in [0.25, 0.3) is 5.69 Å². The van der Waals surface area contributed by atoms with Crippen LogP contribution >= 0.6 is 0 Å². The largest absolute Gasteiger partial charge is 0.352 e. The molecule has 0 aromatic heterocycles. The zero-order valence-corrected chi connectivity index (χ0v) is 13.2. The summed E-state index contributed by atoms with van der Waals surface area (Å²) in [5.74, 6) is -0.657. The first kappa shape index (κ1) is 17.3. The molecule has 2 aromatic rings. The predicted octanol–water partition coefficient (Wildman–Crippen LogP) is 3.50. The number of carbonyl (C=O) groups is 1. The number of nitro groups is 1. The molecule has 0 aliphatic carbocycles. The van der Waals surface area contributed by atoms with E-state index < -0.39 is 4.92 Å². The van der Waals surface area contributed by atoms with Crippen LogP contribution in [0, 0.1) is 15.9 Å². The molecule has 0 fully saturated rings. The number of hydrogen-bond donors (Lipinski definition) is 1. The summed E-state index contributed by atoms with van der Waals surface area (Å²) in [7, 11) is 0. The van der Waals surface area contributed by atoms with Gasteiger partial charge in [-0.05, 0) is 31.1 Å². The second-order valence-electron chi connectivity index (χ2n) is 5.28. The van der Waals surface area contributed by atoms with Crippen LogP contribution in [0.5, 0.6) is 0 Å². The van der Waals surface area contributed by atoms with Gasteiger partial charge >= 0.3 is 0 Å². The second-order valence-corrected chi connectivity index (χ2v) is 5.28. The number of halogens is 1. The van der Waals surface area contributed by atoms with Crippen molar-refractivity contribution in [1.29, 1.82) is 0 Å². The molecule has 0 bridgehead atoms. The van der Waals surface area contributed by atoms with Gasteiger partial charge in [-0.25, -0.2) is 4.39 Å². The van der Waals surface area contributed by atoms with Crippen molar-refractivity contribution in [2.75, 3.05) is 6.54 Å². The van der Waals surface area contributed by atoms with E-state index in [2.05, 4.69) is 5.32 Å². The van der Waals surface area contributed by atoms with Crippen LogP contribution in [-0.2, 0) is 11.2 Å². The predicted molar refractivity (Wildman–Crippen MR) is 89.9 cm³/mol. The van der Waals surface area contributed by atoms with Crippen molar-refractivity contribution >= 4 is 17.7 Å². The first-order valence-corrected chi connectivity index (χ1v) is 7.42. The molecule has 0 radical (unpaired) electrons. The van der Waals surface area contributed by atoms with Crippen LogP contribution in [0.15, 0.2) is 54.1 Å². The maximum absolute atomic E-state index is 13.6. The van der Waals surface area contributed by atoms with Gasteiger partial charge in [-0.15, -0.1) is 0 Å². The van der Waals surface area contributed by atoms with E-state index in [0.29, 0.717) is 24.1 Å². The number of carbonyl (C=O) groups excluding carboxylic acids is 1. The zero-order valence-electron chi connectivity index (χ0n) is 13.2. The van der Waals surface area contributed by atoms with Crippen molar-refractivity contribution in [2.24, 2.45) is 0 Å². The summed E-state index contributed by atoms with van der Waals surface area (Å²) in [6.45, 7) is 2.01. The van der Waals surface area contributed by atoms with Crippen LogP contribution in [0.4, 0.5) is 10.1 Å². The molecule has 124 valence electrons. The quantitative estimate of drug-likeness (QED) is 0.501. The van der Waals surface area contributed by atoms with Gasteiger partial charge < -0.3 is 5.32 Å². The molecule has 0 saturated carbocycles. The minimum Gasteiger partial charge on any atom is -0.352 e. The van der Waals surface area contributed by atoms with Crippen LogP contribution in [0.25, 0.3) is 6.08 Å². The van der Waals surface area contributed by atoms with E-state index in [0.717, 1.165) is 5.56 Å². The molecular formula is C18H17FN2O3. The van der Waals surface area contributed by atoms with E-state index in [1.807, 2.05) is 0 Å². The van der Waals surface area contributed by atoms with Gasteiger partial charge in [-0.2, -0.15) is 0 Å². The monoisotopic (exact) mass is 328 g/mol. The Hall–Kier alpha value is -3.02. The molecule has 0 saturated heterocycles. The number of nitro benzene ring substituents is 1. The number of rotatable bonds is 6. The van der Waals surface area contributed by atoms with Crippen LogP contribution in [0.1, 0.15) is 18.1 Å². The van der Waals surface area contributed by atoms with Crippen molar-refractivity contribution < 1.29 is 14.1 Å². The first-order valence-electron chi connectivity index (χ1n) is 7.42. The van der Waals surface area contributed by atoms with Gasteiger partial charge in [-0.3, -0.25) is 14.9 Å². The molecule has 5 nitrogen and oxygen atoms in total. The topological polar surface area (TPSA) is 72.2 Å². The number of benzene rings is 2. The Kier molecular flexibility index (Phi) is 5.78. The smallest absolute Gasteiger partial charge is 0.269 e. The number of hydrogen-bond acceptors (Lipinski definition) is 3. The fourth-order valence-corrected chi connectivity index (χ4v) is 2.14. The fourth-order valence-electron chi connectivity index (χ4n) is 2.14. The zero-order chi connectivity index (χ0) is 17.5. The third-order valence-corrected chi connectivity index (χ3v) is 3.48. The van der Waals surface area contributed by atoms with E-state index in [4.69, 9.17) is 0 Å². The van der Waals surface area contributed by atoms with Crippen LogP contribution < -0.4 is 5.32 Å². The fraction of sp³-hybridized carbons (Fsp3) is 0.167. The summed E-state index contributed by atoms with van der Waals surface area (Å²) in [6.07, 6.45) is 2.05. The summed E-state index contributed by atoms with van der Waals surface area (Å²) < 4.78 is 13.6. The highest BCUT2D eigenvalue weighted by molar-refractivity contribution is 5.97. The van der Waals surface area contributed by atoms with E-state index in [1.165, 1.54) is 24.3 Å². The highest BCUT2D eigenvalue weighted by atomic mass is 19.1. The number of nitrogens with zero attached hydrogens (tertiary/aromatic N) is 1. The molecule has 2 rings (SSSR count). The normalized spacial score (nSPS) is 11.2. The number of nitrogens with one attached hydrogen (secondary N) is 1. The van der Waals surface area contributed by atoms with E-state index in [1.54, 1.807) is 37.3 Å². The lowest BCUT2D eigenvalue weighted by Crippen LogP contribution is -2.26. The maximum Gasteiger partial charge on any atom is 0.269 e. The van der Waals surface area contributed by atoms with Gasteiger partial charge in [0.2, 0.25) is 5.91 Å². The van der Waals surface area contributed by atoms with E-state index in [-0.39, 0.29) is 17.4 Å². The number of non-ortho nitro benzene ring substituents is 1. The summed E-state index contributed by atoms with van der Waals surface area (Å²) in [4.78, 5) is 22.1. The lowest BCUT2D eigenvalue weighted by Gasteiger charge is -2.06. The van der Waals surface area contributed by atoms with Crippen LogP contribution in [0.2, 0.25) is 0 Å². The van der Waals surface area contributed by atoms with Gasteiger partial charge in [0, 0.05) is 29.8 Å². The average molecular weight is 328 g/mol. The van der Waals surface area contributed by atoms with Crippen LogP contribution in [0.3, 0.4) is 0 Å². The van der Waals surface area contributed by atoms with Gasteiger partial charge in [0.15, 0.2) is 0 Å². The van der Waals surface area contributed by atoms with E-state index >= 15 is 0 Å². The molecule has 0 atom stereocenters. The molecule has 0 spiro atoms. The third kappa shape index (κ3) is 4.74. The summed E-state index contributed by atoms with van der Waals surface area (Å²) in [5.41, 5.74) is 1.69. The summed E-state index contributed by atoms with van der Waals surface area (Å²) >= 11 is 0. The first-order chi connectivity index (χ1) is 11.5. The minimum absolute atomic E-state index is 0.0338. The molecule has 0 aliphatic rings. The Labute approximate surface area is 139 Å². The van der Waals surface area contributed by atoms with Crippen LogP contribution in [-0.4, -0.2) is 17.4 Å². The number of amides is 1. The molecule has 24 heavy (non-hydrogen) atoms. The molecule has 0 aliphatic heterocycles. The second kappa shape index (κ2) is 8.01. The Morgan fingerprint density at radius 2 is 1.88 bits per heavy atom. The van der Waals surface area contributed by atoms with Gasteiger partial charge in [0.05, 0.1) is 4.92 Å². The SMILES string of the molecule is C/C(=C\c1ccccc1F)C(=O)NCCc1ccc([N+](=O)[O-])cc1. The highest BCUT2D eigenvalue weighted by Gasteiger charge is 2.07. The molecule has 1 amide bonds. The van der Waals surface area contributed by atoms with E-state index in [9.17, 15) is 19.3 Å². The summed E-state index contributed by atoms with van der Waals surface area (Å²) in [5, 5.41) is 13.3. The Bertz CT molecular complexity index is 770. The Balaban J connectivity index is 1.88. The lowest BCUT2D eigenvalue weighted by molar-refractivity contribution is -0.384. The lowest BCUT2D eigenvalue weighted by atomic mass is 10.1. The highest BCUT2D eigenvalue weighted by Crippen LogP contribution is 2.13. The van der Waals surface area contributed by atoms with Crippen molar-refractivity contribution in [1.82, 2.24) is 5.32 Å². The minimum atomic E-state index is -0.456. The third-order valence-electron chi connectivity index (χ3n) is 3.48. The Morgan fingerprint density at radius 1 is 1.21 bits per heavy atom. The van der Waals surface area contributed by atoms with Crippen molar-refractivity contribution in [3.8, 4) is 0 Å². The Morgan fingerprint density at radius 3 is 2.50 bits per heavy atom. The molecule has 0 heterocycles. The van der Waals surface area contributed by atoms with Gasteiger partial charge in [-0.1, -0.05) is 30.3 Å². The van der Waals surface area contributed by atoms with Gasteiger partial charge in [0.1, 0.15) is 5.82 Å². The van der Waals surface area contributed by atoms with Crippen molar-refractivity contribution in [3.05, 3.63) is 81.2 Å². The van der Waals surface area contributed by atoms with Crippen molar-refractivity contribution in [3.63, 3.8) is 0 Å². The molecule has 0 unspecified atom stereocenters. The maximum atomic E-state index is 13.6. The molecule has 1 N–H and O–H groups in total. The average Bonchev–Trinajstić information content (AvgIpc) is 2.57. The molecule has 6 heteroatoms. The molecule has 2 aromatic carbocycles. The summed E-state index contributed by atoms with van der Waals surface area (Å²) in [6, 6.07) is 12.4. The molecular weight excluding hydrogens is 311 g/mol.